The van der Waals surface area contributed by atoms with Crippen LogP contribution in [0.25, 0.3) is 0 Å². The van der Waals surface area contributed by atoms with Gasteiger partial charge in [0.05, 0.1) is 11.6 Å². The highest BCUT2D eigenvalue weighted by Crippen LogP contribution is 2.15. The zero-order valence-corrected chi connectivity index (χ0v) is 9.36. The number of piperidine rings is 1. The van der Waals surface area contributed by atoms with Crippen LogP contribution in [0.2, 0.25) is 0 Å². The van der Waals surface area contributed by atoms with Crippen molar-refractivity contribution in [1.82, 2.24) is 10.3 Å². The molecule has 1 aromatic rings. The van der Waals surface area contributed by atoms with Gasteiger partial charge in [0.1, 0.15) is 6.10 Å². The minimum Gasteiger partial charge on any atom is -0.473 e. The number of nitrogens with zero attached hydrogens (tertiary/aromatic N) is 2. The Morgan fingerprint density at radius 3 is 3.12 bits per heavy atom. The Labute approximate surface area is 95.3 Å². The van der Waals surface area contributed by atoms with Crippen molar-refractivity contribution in [2.75, 3.05) is 13.1 Å². The van der Waals surface area contributed by atoms with Gasteiger partial charge in [0.25, 0.3) is 0 Å². The van der Waals surface area contributed by atoms with Gasteiger partial charge in [-0.25, -0.2) is 4.98 Å². The van der Waals surface area contributed by atoms with Gasteiger partial charge in [0.2, 0.25) is 5.88 Å². The second-order valence-electron chi connectivity index (χ2n) is 4.03. The average molecular weight is 217 g/mol. The molecule has 84 valence electrons. The molecule has 16 heavy (non-hydrogen) atoms. The number of hydrogen-bond donors (Lipinski definition) is 1. The molecule has 0 radical (unpaired) electrons. The number of aryl methyl sites for hydroxylation is 1. The smallest absolute Gasteiger partial charge is 0.215 e. The maximum atomic E-state index is 8.85. The largest absolute Gasteiger partial charge is 0.473 e. The normalized spacial score (nSPS) is 20.1. The SMILES string of the molecule is Cc1cc(C#N)cc(OC2CCCNC2)n1. The Balaban J connectivity index is 2.08. The quantitative estimate of drug-likeness (QED) is 0.813. The molecule has 0 spiro atoms. The van der Waals surface area contributed by atoms with Crippen LogP contribution in [0, 0.1) is 18.3 Å². The van der Waals surface area contributed by atoms with Crippen molar-refractivity contribution in [3.63, 3.8) is 0 Å². The summed E-state index contributed by atoms with van der Waals surface area (Å²) in [7, 11) is 0. The van der Waals surface area contributed by atoms with E-state index in [1.807, 2.05) is 6.92 Å². The fourth-order valence-electron chi connectivity index (χ4n) is 1.85. The zero-order valence-electron chi connectivity index (χ0n) is 9.36. The summed E-state index contributed by atoms with van der Waals surface area (Å²) in [6.07, 6.45) is 2.35. The predicted molar refractivity (Wildman–Crippen MR) is 60.2 cm³/mol. The van der Waals surface area contributed by atoms with Gasteiger partial charge in [0.15, 0.2) is 0 Å². The van der Waals surface area contributed by atoms with Crippen LogP contribution in [0.3, 0.4) is 0 Å². The lowest BCUT2D eigenvalue weighted by Gasteiger charge is -2.23. The van der Waals surface area contributed by atoms with Crippen molar-refractivity contribution in [2.24, 2.45) is 0 Å². The Bertz CT molecular complexity index is 405. The monoisotopic (exact) mass is 217 g/mol. The molecule has 0 amide bonds. The van der Waals surface area contributed by atoms with Crippen LogP contribution in [-0.2, 0) is 0 Å². The number of hydrogen-bond acceptors (Lipinski definition) is 4. The van der Waals surface area contributed by atoms with Crippen LogP contribution in [0.5, 0.6) is 5.88 Å². The highest BCUT2D eigenvalue weighted by Gasteiger charge is 2.15. The Hall–Kier alpha value is -1.60. The van der Waals surface area contributed by atoms with E-state index in [-0.39, 0.29) is 6.10 Å². The molecule has 0 bridgehead atoms. The molecule has 4 heteroatoms. The number of aromatic nitrogens is 1. The van der Waals surface area contributed by atoms with Crippen LogP contribution in [0.4, 0.5) is 0 Å². The van der Waals surface area contributed by atoms with Crippen LogP contribution in [-0.4, -0.2) is 24.2 Å². The van der Waals surface area contributed by atoms with Gasteiger partial charge in [-0.3, -0.25) is 0 Å². The fraction of sp³-hybridized carbons (Fsp3) is 0.500. The Kier molecular flexibility index (Phi) is 3.37. The molecule has 0 saturated carbocycles. The van der Waals surface area contributed by atoms with Crippen molar-refractivity contribution in [3.05, 3.63) is 23.4 Å². The van der Waals surface area contributed by atoms with Gasteiger partial charge in [-0.2, -0.15) is 5.26 Å². The highest BCUT2D eigenvalue weighted by atomic mass is 16.5. The molecule has 0 aromatic carbocycles. The first kappa shape index (κ1) is 10.9. The third-order valence-corrected chi connectivity index (χ3v) is 2.60. The van der Waals surface area contributed by atoms with Crippen molar-refractivity contribution in [1.29, 1.82) is 5.26 Å². The Morgan fingerprint density at radius 1 is 1.56 bits per heavy atom. The molecule has 0 aliphatic carbocycles. The molecule has 1 N–H and O–H groups in total. The lowest BCUT2D eigenvalue weighted by Crippen LogP contribution is -2.37. The summed E-state index contributed by atoms with van der Waals surface area (Å²) in [6, 6.07) is 5.56. The first-order chi connectivity index (χ1) is 7.78. The van der Waals surface area contributed by atoms with E-state index in [0.717, 1.165) is 31.6 Å². The first-order valence-electron chi connectivity index (χ1n) is 5.54. The van der Waals surface area contributed by atoms with Gasteiger partial charge in [-0.15, -0.1) is 0 Å². The van der Waals surface area contributed by atoms with E-state index < -0.39 is 0 Å². The number of ether oxygens (including phenoxy) is 1. The van der Waals surface area contributed by atoms with Crippen LogP contribution in [0.15, 0.2) is 12.1 Å². The van der Waals surface area contributed by atoms with Crippen LogP contribution in [0.1, 0.15) is 24.1 Å². The van der Waals surface area contributed by atoms with Crippen molar-refractivity contribution in [3.8, 4) is 11.9 Å². The van der Waals surface area contributed by atoms with E-state index in [0.29, 0.717) is 11.4 Å². The molecule has 1 unspecified atom stereocenters. The van der Waals surface area contributed by atoms with Crippen LogP contribution >= 0.6 is 0 Å². The maximum absolute atomic E-state index is 8.85. The molecule has 1 fully saturated rings. The Morgan fingerprint density at radius 2 is 2.44 bits per heavy atom. The second kappa shape index (κ2) is 4.95. The lowest BCUT2D eigenvalue weighted by atomic mass is 10.1. The highest BCUT2D eigenvalue weighted by molar-refractivity contribution is 5.34. The van der Waals surface area contributed by atoms with Gasteiger partial charge in [-0.05, 0) is 32.4 Å². The molecule has 4 nitrogen and oxygen atoms in total. The van der Waals surface area contributed by atoms with Crippen molar-refractivity contribution in [2.45, 2.75) is 25.9 Å². The average Bonchev–Trinajstić information content (AvgIpc) is 2.29. The molecular weight excluding hydrogens is 202 g/mol. The topological polar surface area (TPSA) is 57.9 Å². The molecule has 1 aromatic heterocycles. The first-order valence-corrected chi connectivity index (χ1v) is 5.54. The molecule has 1 aliphatic rings. The van der Waals surface area contributed by atoms with E-state index in [1.54, 1.807) is 12.1 Å². The minimum atomic E-state index is 0.176. The van der Waals surface area contributed by atoms with E-state index in [9.17, 15) is 0 Å². The summed E-state index contributed by atoms with van der Waals surface area (Å²) in [5.41, 5.74) is 1.42. The second-order valence-corrected chi connectivity index (χ2v) is 4.03. The summed E-state index contributed by atoms with van der Waals surface area (Å²) in [4.78, 5) is 4.27. The maximum Gasteiger partial charge on any atom is 0.215 e. The predicted octanol–water partition coefficient (Wildman–Crippen LogP) is 1.39. The minimum absolute atomic E-state index is 0.176. The van der Waals surface area contributed by atoms with Gasteiger partial charge in [-0.1, -0.05) is 0 Å². The zero-order chi connectivity index (χ0) is 11.4. The third kappa shape index (κ3) is 2.71. The van der Waals surface area contributed by atoms with Crippen molar-refractivity contribution >= 4 is 0 Å². The molecule has 2 heterocycles. The van der Waals surface area contributed by atoms with E-state index in [2.05, 4.69) is 16.4 Å². The molecule has 1 saturated heterocycles. The number of rotatable bonds is 2. The summed E-state index contributed by atoms with van der Waals surface area (Å²) >= 11 is 0. The number of pyridine rings is 1. The van der Waals surface area contributed by atoms with Gasteiger partial charge >= 0.3 is 0 Å². The van der Waals surface area contributed by atoms with E-state index in [1.165, 1.54) is 0 Å². The lowest BCUT2D eigenvalue weighted by molar-refractivity contribution is 0.160. The summed E-state index contributed by atoms with van der Waals surface area (Å²) in [6.45, 7) is 3.79. The van der Waals surface area contributed by atoms with Crippen LogP contribution < -0.4 is 10.1 Å². The number of nitriles is 1. The van der Waals surface area contributed by atoms with E-state index in [4.69, 9.17) is 10.00 Å². The molecule has 1 aliphatic heterocycles. The van der Waals surface area contributed by atoms with Gasteiger partial charge in [0, 0.05) is 18.3 Å². The summed E-state index contributed by atoms with van der Waals surface area (Å²) < 4.78 is 5.75. The molecular formula is C12H15N3O. The molecule has 1 atom stereocenters. The van der Waals surface area contributed by atoms with E-state index >= 15 is 0 Å². The fourth-order valence-corrected chi connectivity index (χ4v) is 1.85. The van der Waals surface area contributed by atoms with Crippen molar-refractivity contribution < 1.29 is 4.74 Å². The summed E-state index contributed by atoms with van der Waals surface area (Å²) in [5.74, 6) is 0.560. The summed E-state index contributed by atoms with van der Waals surface area (Å²) in [5, 5.41) is 12.1. The molecule has 2 rings (SSSR count). The standard InChI is InChI=1S/C12H15N3O/c1-9-5-10(7-13)6-12(15-9)16-11-3-2-4-14-8-11/h5-6,11,14H,2-4,8H2,1H3. The van der Waals surface area contributed by atoms with Gasteiger partial charge < -0.3 is 10.1 Å². The number of nitrogens with one attached hydrogen (secondary N) is 1. The third-order valence-electron chi connectivity index (χ3n) is 2.60.